The number of nitrogens with zero attached hydrogens (tertiary/aromatic N) is 1. The van der Waals surface area contributed by atoms with Crippen molar-refractivity contribution in [3.8, 4) is 0 Å². The summed E-state index contributed by atoms with van der Waals surface area (Å²) in [4.78, 5) is 12.5. The van der Waals surface area contributed by atoms with E-state index in [0.717, 1.165) is 17.7 Å². The van der Waals surface area contributed by atoms with Gasteiger partial charge in [-0.15, -0.1) is 0 Å². The minimum Gasteiger partial charge on any atom is -0.389 e. The third-order valence-corrected chi connectivity index (χ3v) is 3.65. The zero-order chi connectivity index (χ0) is 14.7. The molecule has 0 unspecified atom stereocenters. The zero-order valence-electron chi connectivity index (χ0n) is 11.7. The number of hydrogen-bond donors (Lipinski definition) is 1. The summed E-state index contributed by atoms with van der Waals surface area (Å²) in [7, 11) is 0. The fraction of sp³-hybridized carbons (Fsp3) is 0.250. The highest BCUT2D eigenvalue weighted by molar-refractivity contribution is 7.80. The van der Waals surface area contributed by atoms with Crippen molar-refractivity contribution >= 4 is 17.2 Å². The quantitative estimate of drug-likeness (QED) is 0.878. The molecule has 2 N–H and O–H groups in total. The van der Waals surface area contributed by atoms with Crippen LogP contribution in [0.3, 0.4) is 0 Å². The molecule has 4 heteroatoms. The molecule has 2 aromatic rings. The predicted molar refractivity (Wildman–Crippen MR) is 86.2 cm³/mol. The second-order valence-electron chi connectivity index (χ2n) is 4.81. The summed E-state index contributed by atoms with van der Waals surface area (Å²) in [6, 6.07) is 11.9. The highest BCUT2D eigenvalue weighted by Crippen LogP contribution is 2.08. The van der Waals surface area contributed by atoms with Crippen LogP contribution < -0.4 is 11.3 Å². The van der Waals surface area contributed by atoms with Crippen LogP contribution in [-0.4, -0.2) is 9.56 Å². The maximum atomic E-state index is 12.4. The summed E-state index contributed by atoms with van der Waals surface area (Å²) in [6.07, 6.45) is 1.01. The van der Waals surface area contributed by atoms with Gasteiger partial charge in [0, 0.05) is 5.69 Å². The van der Waals surface area contributed by atoms with E-state index < -0.39 is 0 Å². The SMILES string of the molecule is CCc1ccc(Cn2c(C)ccc(C(N)=S)c2=O)cc1. The molecule has 0 aliphatic heterocycles. The van der Waals surface area contributed by atoms with E-state index in [4.69, 9.17) is 18.0 Å². The molecular weight excluding hydrogens is 268 g/mol. The van der Waals surface area contributed by atoms with Gasteiger partial charge in [-0.3, -0.25) is 4.79 Å². The molecule has 0 saturated carbocycles. The van der Waals surface area contributed by atoms with Crippen molar-refractivity contribution in [1.29, 1.82) is 0 Å². The molecule has 0 radical (unpaired) electrons. The van der Waals surface area contributed by atoms with Crippen LogP contribution in [-0.2, 0) is 13.0 Å². The Morgan fingerprint density at radius 1 is 1.15 bits per heavy atom. The average Bonchev–Trinajstić information content (AvgIpc) is 2.43. The molecule has 0 aliphatic carbocycles. The molecule has 2 rings (SSSR count). The van der Waals surface area contributed by atoms with E-state index in [0.29, 0.717) is 12.1 Å². The Balaban J connectivity index is 2.39. The average molecular weight is 286 g/mol. The maximum absolute atomic E-state index is 12.4. The van der Waals surface area contributed by atoms with Crippen LogP contribution in [0, 0.1) is 6.92 Å². The summed E-state index contributed by atoms with van der Waals surface area (Å²) >= 11 is 4.91. The Bertz CT molecular complexity index is 687. The summed E-state index contributed by atoms with van der Waals surface area (Å²) in [5.41, 5.74) is 9.13. The Hall–Kier alpha value is -1.94. The van der Waals surface area contributed by atoms with Gasteiger partial charge in [-0.25, -0.2) is 0 Å². The number of nitrogens with two attached hydrogens (primary N) is 1. The van der Waals surface area contributed by atoms with Gasteiger partial charge in [0.05, 0.1) is 12.1 Å². The largest absolute Gasteiger partial charge is 0.389 e. The molecule has 0 spiro atoms. The van der Waals surface area contributed by atoms with Crippen molar-refractivity contribution in [2.45, 2.75) is 26.8 Å². The Morgan fingerprint density at radius 3 is 2.30 bits per heavy atom. The number of benzene rings is 1. The van der Waals surface area contributed by atoms with Crippen LogP contribution in [0.15, 0.2) is 41.2 Å². The van der Waals surface area contributed by atoms with Gasteiger partial charge in [0.1, 0.15) is 4.99 Å². The van der Waals surface area contributed by atoms with E-state index in [1.165, 1.54) is 5.56 Å². The highest BCUT2D eigenvalue weighted by Gasteiger charge is 2.08. The number of hydrogen-bond acceptors (Lipinski definition) is 2. The van der Waals surface area contributed by atoms with Crippen molar-refractivity contribution in [2.75, 3.05) is 0 Å². The van der Waals surface area contributed by atoms with E-state index in [-0.39, 0.29) is 10.5 Å². The van der Waals surface area contributed by atoms with Crippen molar-refractivity contribution in [3.05, 3.63) is 69.1 Å². The predicted octanol–water partition coefficient (Wildman–Crippen LogP) is 2.40. The molecular formula is C16H18N2OS. The van der Waals surface area contributed by atoms with Gasteiger partial charge in [0.25, 0.3) is 5.56 Å². The Morgan fingerprint density at radius 2 is 1.75 bits per heavy atom. The first-order valence-electron chi connectivity index (χ1n) is 6.61. The summed E-state index contributed by atoms with van der Waals surface area (Å²) in [6.45, 7) is 4.56. The van der Waals surface area contributed by atoms with Gasteiger partial charge in [-0.2, -0.15) is 0 Å². The first kappa shape index (κ1) is 14.5. The molecule has 0 amide bonds. The smallest absolute Gasteiger partial charge is 0.261 e. The lowest BCUT2D eigenvalue weighted by Crippen LogP contribution is -2.30. The number of pyridine rings is 1. The zero-order valence-corrected chi connectivity index (χ0v) is 12.5. The van der Waals surface area contributed by atoms with Gasteiger partial charge in [0.15, 0.2) is 0 Å². The standard InChI is InChI=1S/C16H18N2OS/c1-3-12-5-7-13(8-6-12)10-18-11(2)4-9-14(15(17)20)16(18)19/h4-9H,3,10H2,1-2H3,(H2,17,20). The number of aryl methyl sites for hydroxylation is 2. The number of thiocarbonyl (C=S) groups is 1. The van der Waals surface area contributed by atoms with Crippen LogP contribution in [0.2, 0.25) is 0 Å². The van der Waals surface area contributed by atoms with Gasteiger partial charge in [0.2, 0.25) is 0 Å². The third-order valence-electron chi connectivity index (χ3n) is 3.43. The fourth-order valence-electron chi connectivity index (χ4n) is 2.12. The monoisotopic (exact) mass is 286 g/mol. The third kappa shape index (κ3) is 2.96. The van der Waals surface area contributed by atoms with E-state index >= 15 is 0 Å². The summed E-state index contributed by atoms with van der Waals surface area (Å²) in [5.74, 6) is 0. The van der Waals surface area contributed by atoms with Crippen LogP contribution in [0.25, 0.3) is 0 Å². The van der Waals surface area contributed by atoms with E-state index in [1.807, 2.05) is 13.0 Å². The molecule has 0 atom stereocenters. The molecule has 0 saturated heterocycles. The van der Waals surface area contributed by atoms with Gasteiger partial charge >= 0.3 is 0 Å². The first-order chi connectivity index (χ1) is 9.52. The van der Waals surface area contributed by atoms with E-state index in [1.54, 1.807) is 10.6 Å². The second kappa shape index (κ2) is 6.01. The normalized spacial score (nSPS) is 10.5. The summed E-state index contributed by atoms with van der Waals surface area (Å²) in [5, 5.41) is 0. The van der Waals surface area contributed by atoms with Gasteiger partial charge in [-0.05, 0) is 36.6 Å². The Labute approximate surface area is 124 Å². The van der Waals surface area contributed by atoms with Crippen molar-refractivity contribution in [1.82, 2.24) is 4.57 Å². The molecule has 0 aliphatic rings. The Kier molecular flexibility index (Phi) is 4.35. The molecule has 0 fully saturated rings. The lowest BCUT2D eigenvalue weighted by Gasteiger charge is -2.12. The van der Waals surface area contributed by atoms with Crippen molar-refractivity contribution in [2.24, 2.45) is 5.73 Å². The van der Waals surface area contributed by atoms with Crippen molar-refractivity contribution < 1.29 is 0 Å². The van der Waals surface area contributed by atoms with Crippen molar-refractivity contribution in [3.63, 3.8) is 0 Å². The van der Waals surface area contributed by atoms with E-state index in [2.05, 4.69) is 31.2 Å². The van der Waals surface area contributed by atoms with Crippen LogP contribution >= 0.6 is 12.2 Å². The fourth-order valence-corrected chi connectivity index (χ4v) is 2.27. The van der Waals surface area contributed by atoms with Crippen LogP contribution in [0.1, 0.15) is 29.3 Å². The lowest BCUT2D eigenvalue weighted by molar-refractivity contribution is 0.728. The van der Waals surface area contributed by atoms with Crippen LogP contribution in [0.5, 0.6) is 0 Å². The second-order valence-corrected chi connectivity index (χ2v) is 5.25. The maximum Gasteiger partial charge on any atom is 0.261 e. The molecule has 0 bridgehead atoms. The minimum absolute atomic E-state index is 0.128. The minimum atomic E-state index is -0.128. The number of rotatable bonds is 4. The van der Waals surface area contributed by atoms with E-state index in [9.17, 15) is 4.79 Å². The molecule has 104 valence electrons. The van der Waals surface area contributed by atoms with Crippen LogP contribution in [0.4, 0.5) is 0 Å². The molecule has 1 aromatic carbocycles. The lowest BCUT2D eigenvalue weighted by atomic mass is 10.1. The highest BCUT2D eigenvalue weighted by atomic mass is 32.1. The number of aromatic nitrogens is 1. The van der Waals surface area contributed by atoms with Gasteiger partial charge < -0.3 is 10.3 Å². The molecule has 1 aromatic heterocycles. The summed E-state index contributed by atoms with van der Waals surface area (Å²) < 4.78 is 1.70. The molecule has 1 heterocycles. The topological polar surface area (TPSA) is 48.0 Å². The first-order valence-corrected chi connectivity index (χ1v) is 7.01. The van der Waals surface area contributed by atoms with Gasteiger partial charge in [-0.1, -0.05) is 43.4 Å². The molecule has 3 nitrogen and oxygen atoms in total. The molecule has 20 heavy (non-hydrogen) atoms.